The molecule has 1 aromatic rings. The lowest BCUT2D eigenvalue weighted by atomic mass is 10.0. The minimum Gasteiger partial charge on any atom is -0.377 e. The first-order valence-corrected chi connectivity index (χ1v) is 7.84. The van der Waals surface area contributed by atoms with E-state index in [9.17, 15) is 4.79 Å². The van der Waals surface area contributed by atoms with Crippen LogP contribution in [-0.2, 0) is 16.0 Å². The van der Waals surface area contributed by atoms with Crippen LogP contribution in [0.2, 0.25) is 0 Å². The first kappa shape index (κ1) is 16.0. The maximum atomic E-state index is 12.2. The largest absolute Gasteiger partial charge is 0.377 e. The summed E-state index contributed by atoms with van der Waals surface area (Å²) in [5.74, 6) is 0.257. The molecule has 4 heteroatoms. The Morgan fingerprint density at radius 3 is 2.57 bits per heavy atom. The molecule has 1 aliphatic rings. The van der Waals surface area contributed by atoms with E-state index in [2.05, 4.69) is 31.2 Å². The smallest absolute Gasteiger partial charge is 0.222 e. The van der Waals surface area contributed by atoms with Crippen molar-refractivity contribution < 1.29 is 9.53 Å². The van der Waals surface area contributed by atoms with E-state index < -0.39 is 0 Å². The molecule has 21 heavy (non-hydrogen) atoms. The van der Waals surface area contributed by atoms with Gasteiger partial charge in [-0.15, -0.1) is 0 Å². The van der Waals surface area contributed by atoms with E-state index in [0.717, 1.165) is 32.4 Å². The molecule has 1 fully saturated rings. The zero-order valence-electron chi connectivity index (χ0n) is 12.9. The summed E-state index contributed by atoms with van der Waals surface area (Å²) in [6.45, 7) is 4.87. The number of carbonyl (C=O) groups is 1. The van der Waals surface area contributed by atoms with Crippen molar-refractivity contribution in [3.05, 3.63) is 35.4 Å². The Balaban J connectivity index is 1.71. The fourth-order valence-corrected chi connectivity index (χ4v) is 2.67. The third kappa shape index (κ3) is 5.14. The summed E-state index contributed by atoms with van der Waals surface area (Å²) in [6.07, 6.45) is 3.54. The van der Waals surface area contributed by atoms with Crippen molar-refractivity contribution in [2.24, 2.45) is 5.73 Å². The van der Waals surface area contributed by atoms with Gasteiger partial charge in [0.05, 0.1) is 12.7 Å². The van der Waals surface area contributed by atoms with Crippen molar-refractivity contribution in [1.82, 2.24) is 4.90 Å². The molecule has 0 atom stereocenters. The van der Waals surface area contributed by atoms with Gasteiger partial charge in [0.25, 0.3) is 0 Å². The van der Waals surface area contributed by atoms with Gasteiger partial charge in [-0.3, -0.25) is 4.79 Å². The molecule has 0 aromatic heterocycles. The van der Waals surface area contributed by atoms with Crippen molar-refractivity contribution in [3.8, 4) is 0 Å². The number of rotatable bonds is 6. The predicted octanol–water partition coefficient (Wildman–Crippen LogP) is 1.89. The third-order valence-corrected chi connectivity index (χ3v) is 4.01. The summed E-state index contributed by atoms with van der Waals surface area (Å²) in [5.41, 5.74) is 7.92. The van der Waals surface area contributed by atoms with Gasteiger partial charge >= 0.3 is 0 Å². The van der Waals surface area contributed by atoms with Crippen LogP contribution >= 0.6 is 0 Å². The van der Waals surface area contributed by atoms with Crippen molar-refractivity contribution in [2.45, 2.75) is 38.7 Å². The Morgan fingerprint density at radius 1 is 1.29 bits per heavy atom. The number of likely N-dealkylation sites (tertiary alicyclic amines) is 1. The molecule has 0 saturated carbocycles. The Labute approximate surface area is 127 Å². The molecule has 1 aromatic carbocycles. The van der Waals surface area contributed by atoms with E-state index in [-0.39, 0.29) is 12.0 Å². The van der Waals surface area contributed by atoms with E-state index >= 15 is 0 Å². The van der Waals surface area contributed by atoms with Gasteiger partial charge in [0.2, 0.25) is 5.91 Å². The normalized spacial score (nSPS) is 16.2. The number of amides is 1. The Morgan fingerprint density at radius 2 is 1.95 bits per heavy atom. The number of benzene rings is 1. The molecule has 1 saturated heterocycles. The minimum absolute atomic E-state index is 0.257. The van der Waals surface area contributed by atoms with Gasteiger partial charge < -0.3 is 15.4 Å². The van der Waals surface area contributed by atoms with Crippen LogP contribution in [0.5, 0.6) is 0 Å². The zero-order valence-corrected chi connectivity index (χ0v) is 12.9. The first-order valence-electron chi connectivity index (χ1n) is 7.84. The number of hydrogen-bond acceptors (Lipinski definition) is 3. The molecule has 0 unspecified atom stereocenters. The maximum Gasteiger partial charge on any atom is 0.222 e. The number of nitrogens with two attached hydrogens (primary N) is 1. The molecule has 116 valence electrons. The van der Waals surface area contributed by atoms with Gasteiger partial charge in [0.15, 0.2) is 0 Å². The van der Waals surface area contributed by atoms with Crippen molar-refractivity contribution in [2.75, 3.05) is 26.2 Å². The Kier molecular flexibility index (Phi) is 6.21. The zero-order chi connectivity index (χ0) is 15.1. The second-order valence-electron chi connectivity index (χ2n) is 5.73. The second kappa shape index (κ2) is 8.15. The number of aryl methyl sites for hydroxylation is 2. The van der Waals surface area contributed by atoms with Crippen LogP contribution in [0.4, 0.5) is 0 Å². The number of ether oxygens (including phenoxy) is 1. The highest BCUT2D eigenvalue weighted by molar-refractivity contribution is 5.76. The summed E-state index contributed by atoms with van der Waals surface area (Å²) < 4.78 is 5.64. The van der Waals surface area contributed by atoms with E-state index in [1.807, 2.05) is 4.90 Å². The summed E-state index contributed by atoms with van der Waals surface area (Å²) in [7, 11) is 0. The van der Waals surface area contributed by atoms with Crippen molar-refractivity contribution in [3.63, 3.8) is 0 Å². The van der Waals surface area contributed by atoms with Crippen LogP contribution in [-0.4, -0.2) is 43.2 Å². The molecule has 0 aliphatic carbocycles. The lowest BCUT2D eigenvalue weighted by Crippen LogP contribution is -2.41. The van der Waals surface area contributed by atoms with Crippen LogP contribution in [0.15, 0.2) is 24.3 Å². The van der Waals surface area contributed by atoms with E-state index in [4.69, 9.17) is 10.5 Å². The summed E-state index contributed by atoms with van der Waals surface area (Å²) in [5, 5.41) is 0. The lowest BCUT2D eigenvalue weighted by molar-refractivity contribution is -0.133. The molecular weight excluding hydrogens is 264 g/mol. The molecule has 2 N–H and O–H groups in total. The number of nitrogens with zero attached hydrogens (tertiary/aromatic N) is 1. The topological polar surface area (TPSA) is 55.6 Å². The summed E-state index contributed by atoms with van der Waals surface area (Å²) >= 11 is 0. The SMILES string of the molecule is Cc1ccc(CCC(=O)N2CCC(OCCN)CC2)cc1. The quantitative estimate of drug-likeness (QED) is 0.870. The van der Waals surface area contributed by atoms with Crippen LogP contribution in [0.3, 0.4) is 0 Å². The number of carbonyl (C=O) groups excluding carboxylic acids is 1. The number of hydrogen-bond donors (Lipinski definition) is 1. The van der Waals surface area contributed by atoms with Gasteiger partial charge in [0, 0.05) is 26.1 Å². The number of piperidine rings is 1. The summed E-state index contributed by atoms with van der Waals surface area (Å²) in [6, 6.07) is 8.41. The average Bonchev–Trinajstić information content (AvgIpc) is 2.52. The second-order valence-corrected chi connectivity index (χ2v) is 5.73. The van der Waals surface area contributed by atoms with Gasteiger partial charge in [-0.2, -0.15) is 0 Å². The van der Waals surface area contributed by atoms with Crippen molar-refractivity contribution >= 4 is 5.91 Å². The molecule has 0 bridgehead atoms. The molecule has 1 heterocycles. The standard InChI is InChI=1S/C17H26N2O2/c1-14-2-4-15(5-3-14)6-7-17(20)19-11-8-16(9-12-19)21-13-10-18/h2-5,16H,6-13,18H2,1H3. The Hall–Kier alpha value is -1.39. The minimum atomic E-state index is 0.257. The third-order valence-electron chi connectivity index (χ3n) is 4.01. The molecule has 0 spiro atoms. The van der Waals surface area contributed by atoms with E-state index in [1.165, 1.54) is 11.1 Å². The molecule has 1 amide bonds. The fraction of sp³-hybridized carbons (Fsp3) is 0.588. The highest BCUT2D eigenvalue weighted by Gasteiger charge is 2.22. The molecule has 1 aliphatic heterocycles. The monoisotopic (exact) mass is 290 g/mol. The maximum absolute atomic E-state index is 12.2. The van der Waals surface area contributed by atoms with Gasteiger partial charge in [0.1, 0.15) is 0 Å². The first-order chi connectivity index (χ1) is 10.2. The molecule has 0 radical (unpaired) electrons. The van der Waals surface area contributed by atoms with Crippen LogP contribution < -0.4 is 5.73 Å². The average molecular weight is 290 g/mol. The lowest BCUT2D eigenvalue weighted by Gasteiger charge is -2.32. The fourth-order valence-electron chi connectivity index (χ4n) is 2.67. The van der Waals surface area contributed by atoms with Gasteiger partial charge in [-0.25, -0.2) is 0 Å². The van der Waals surface area contributed by atoms with Crippen LogP contribution in [0.25, 0.3) is 0 Å². The molecule has 4 nitrogen and oxygen atoms in total. The van der Waals surface area contributed by atoms with Gasteiger partial charge in [-0.05, 0) is 31.7 Å². The highest BCUT2D eigenvalue weighted by Crippen LogP contribution is 2.15. The highest BCUT2D eigenvalue weighted by atomic mass is 16.5. The van der Waals surface area contributed by atoms with E-state index in [1.54, 1.807) is 0 Å². The Bertz CT molecular complexity index is 437. The van der Waals surface area contributed by atoms with Crippen LogP contribution in [0.1, 0.15) is 30.4 Å². The predicted molar refractivity (Wildman–Crippen MR) is 84.1 cm³/mol. The summed E-state index contributed by atoms with van der Waals surface area (Å²) in [4.78, 5) is 14.2. The molecule has 2 rings (SSSR count). The van der Waals surface area contributed by atoms with E-state index in [0.29, 0.717) is 19.6 Å². The van der Waals surface area contributed by atoms with Crippen molar-refractivity contribution in [1.29, 1.82) is 0 Å². The van der Waals surface area contributed by atoms with Gasteiger partial charge in [-0.1, -0.05) is 29.8 Å². The molecular formula is C17H26N2O2. The van der Waals surface area contributed by atoms with Crippen LogP contribution in [0, 0.1) is 6.92 Å².